The Bertz CT molecular complexity index is 571. The van der Waals surface area contributed by atoms with E-state index in [1.54, 1.807) is 27.8 Å². The van der Waals surface area contributed by atoms with Crippen LogP contribution < -0.4 is 10.1 Å². The highest BCUT2D eigenvalue weighted by Gasteiger charge is 2.19. The van der Waals surface area contributed by atoms with E-state index < -0.39 is 18.3 Å². The average molecular weight is 358 g/mol. The molecule has 0 atom stereocenters. The first-order valence-corrected chi connectivity index (χ1v) is 7.85. The minimum atomic E-state index is -2.89. The van der Waals surface area contributed by atoms with Gasteiger partial charge in [-0.3, -0.25) is 4.79 Å². The van der Waals surface area contributed by atoms with Crippen LogP contribution >= 0.6 is 0 Å². The predicted molar refractivity (Wildman–Crippen MR) is 89.8 cm³/mol. The lowest BCUT2D eigenvalue weighted by atomic mass is 10.2. The molecule has 1 N–H and O–H groups in total. The van der Waals surface area contributed by atoms with Crippen LogP contribution in [-0.4, -0.2) is 42.7 Å². The number of ether oxygens (including phenoxy) is 2. The van der Waals surface area contributed by atoms with Crippen molar-refractivity contribution in [1.29, 1.82) is 0 Å². The van der Waals surface area contributed by atoms with E-state index in [1.807, 2.05) is 0 Å². The van der Waals surface area contributed by atoms with Crippen LogP contribution in [0.15, 0.2) is 24.3 Å². The monoisotopic (exact) mass is 358 g/mol. The Labute approximate surface area is 146 Å². The van der Waals surface area contributed by atoms with Crippen LogP contribution in [0.3, 0.4) is 0 Å². The Hall–Kier alpha value is -2.38. The number of carbonyl (C=O) groups is 2. The summed E-state index contributed by atoms with van der Waals surface area (Å²) in [6.45, 7) is 2.84. The van der Waals surface area contributed by atoms with Crippen LogP contribution in [0, 0.1) is 0 Å². The average Bonchev–Trinajstić information content (AvgIpc) is 2.47. The second kappa shape index (κ2) is 9.19. The molecular weight excluding hydrogens is 334 g/mol. The molecule has 2 amide bonds. The molecule has 0 saturated carbocycles. The summed E-state index contributed by atoms with van der Waals surface area (Å²) in [6.07, 6.45) is 0.235. The highest BCUT2D eigenvalue weighted by molar-refractivity contribution is 5.90. The first-order chi connectivity index (χ1) is 11.6. The van der Waals surface area contributed by atoms with Crippen molar-refractivity contribution >= 4 is 17.7 Å². The lowest BCUT2D eigenvalue weighted by Gasteiger charge is -2.24. The highest BCUT2D eigenvalue weighted by Crippen LogP contribution is 2.18. The van der Waals surface area contributed by atoms with Gasteiger partial charge in [0.1, 0.15) is 11.4 Å². The summed E-state index contributed by atoms with van der Waals surface area (Å²) in [5, 5.41) is 2.65. The summed E-state index contributed by atoms with van der Waals surface area (Å²) in [5.74, 6) is -0.216. The van der Waals surface area contributed by atoms with Gasteiger partial charge in [0.2, 0.25) is 5.91 Å². The lowest BCUT2D eigenvalue weighted by molar-refractivity contribution is -0.116. The smallest absolute Gasteiger partial charge is 0.410 e. The summed E-state index contributed by atoms with van der Waals surface area (Å²) in [7, 11) is 1.60. The highest BCUT2D eigenvalue weighted by atomic mass is 19.3. The molecule has 1 aromatic rings. The SMILES string of the molecule is CN(CCCC(=O)Nc1ccc(OC(F)F)cc1)C(=O)OC(C)(C)C. The quantitative estimate of drug-likeness (QED) is 0.803. The Morgan fingerprint density at radius 1 is 1.20 bits per heavy atom. The number of benzene rings is 1. The van der Waals surface area contributed by atoms with Gasteiger partial charge in [0.15, 0.2) is 0 Å². The Morgan fingerprint density at radius 2 is 1.80 bits per heavy atom. The number of amides is 2. The van der Waals surface area contributed by atoms with Gasteiger partial charge < -0.3 is 19.7 Å². The molecule has 0 unspecified atom stereocenters. The molecule has 0 fully saturated rings. The summed E-state index contributed by atoms with van der Waals surface area (Å²) < 4.78 is 33.5. The van der Waals surface area contributed by atoms with Crippen LogP contribution in [0.5, 0.6) is 5.75 Å². The fourth-order valence-electron chi connectivity index (χ4n) is 1.85. The first kappa shape index (κ1) is 20.7. The normalized spacial score (nSPS) is 11.2. The van der Waals surface area contributed by atoms with Gasteiger partial charge in [-0.1, -0.05) is 0 Å². The van der Waals surface area contributed by atoms with Crippen molar-refractivity contribution in [2.24, 2.45) is 0 Å². The van der Waals surface area contributed by atoms with Crippen molar-refractivity contribution in [2.75, 3.05) is 18.9 Å². The van der Waals surface area contributed by atoms with Gasteiger partial charge >= 0.3 is 12.7 Å². The number of halogens is 2. The number of hydrogen-bond acceptors (Lipinski definition) is 4. The maximum Gasteiger partial charge on any atom is 0.410 e. The molecule has 6 nitrogen and oxygen atoms in total. The van der Waals surface area contributed by atoms with Crippen LogP contribution in [0.2, 0.25) is 0 Å². The lowest BCUT2D eigenvalue weighted by Crippen LogP contribution is -2.35. The molecule has 8 heteroatoms. The van der Waals surface area contributed by atoms with E-state index in [0.717, 1.165) is 0 Å². The Balaban J connectivity index is 2.34. The summed E-state index contributed by atoms with van der Waals surface area (Å²) >= 11 is 0. The number of nitrogens with one attached hydrogen (secondary N) is 1. The third-order valence-electron chi connectivity index (χ3n) is 2.97. The van der Waals surface area contributed by atoms with Gasteiger partial charge in [-0.2, -0.15) is 8.78 Å². The maximum atomic E-state index is 12.1. The topological polar surface area (TPSA) is 67.9 Å². The largest absolute Gasteiger partial charge is 0.444 e. The number of carbonyl (C=O) groups excluding carboxylic acids is 2. The first-order valence-electron chi connectivity index (χ1n) is 7.85. The molecule has 0 aliphatic heterocycles. The number of anilines is 1. The molecule has 25 heavy (non-hydrogen) atoms. The number of alkyl halides is 2. The van der Waals surface area contributed by atoms with Gasteiger partial charge in [0.05, 0.1) is 0 Å². The zero-order valence-electron chi connectivity index (χ0n) is 14.8. The van der Waals surface area contributed by atoms with E-state index in [9.17, 15) is 18.4 Å². The maximum absolute atomic E-state index is 12.1. The van der Waals surface area contributed by atoms with E-state index >= 15 is 0 Å². The second-order valence-electron chi connectivity index (χ2n) is 6.46. The van der Waals surface area contributed by atoms with Crippen molar-refractivity contribution in [3.8, 4) is 5.75 Å². The van der Waals surface area contributed by atoms with E-state index in [-0.39, 0.29) is 18.1 Å². The predicted octanol–water partition coefficient (Wildman–Crippen LogP) is 3.87. The standard InChI is InChI=1S/C17H24F2N2O4/c1-17(2,3)25-16(23)21(4)11-5-6-14(22)20-12-7-9-13(10-8-12)24-15(18)19/h7-10,15H,5-6,11H2,1-4H3,(H,20,22). The minimum absolute atomic E-state index is 0.0204. The third kappa shape index (κ3) is 8.88. The molecule has 1 aromatic carbocycles. The van der Waals surface area contributed by atoms with E-state index in [0.29, 0.717) is 18.7 Å². The second-order valence-corrected chi connectivity index (χ2v) is 6.46. The van der Waals surface area contributed by atoms with Gasteiger partial charge in [-0.15, -0.1) is 0 Å². The Morgan fingerprint density at radius 3 is 2.32 bits per heavy atom. The van der Waals surface area contributed by atoms with Crippen LogP contribution in [-0.2, 0) is 9.53 Å². The molecule has 0 bridgehead atoms. The van der Waals surface area contributed by atoms with Gasteiger partial charge in [-0.05, 0) is 51.5 Å². The number of rotatable bonds is 7. The van der Waals surface area contributed by atoms with Crippen LogP contribution in [0.25, 0.3) is 0 Å². The molecule has 0 aromatic heterocycles. The van der Waals surface area contributed by atoms with E-state index in [4.69, 9.17) is 4.74 Å². The molecular formula is C17H24F2N2O4. The van der Waals surface area contributed by atoms with Crippen molar-refractivity contribution in [3.63, 3.8) is 0 Å². The summed E-state index contributed by atoms with van der Waals surface area (Å²) in [5.41, 5.74) is -0.0877. The third-order valence-corrected chi connectivity index (χ3v) is 2.97. The van der Waals surface area contributed by atoms with Crippen molar-refractivity contribution < 1.29 is 27.8 Å². The van der Waals surface area contributed by atoms with Crippen molar-refractivity contribution in [2.45, 2.75) is 45.8 Å². The Kier molecular flexibility index (Phi) is 7.60. The number of hydrogen-bond donors (Lipinski definition) is 1. The zero-order chi connectivity index (χ0) is 19.0. The minimum Gasteiger partial charge on any atom is -0.444 e. The van der Waals surface area contributed by atoms with Crippen LogP contribution in [0.4, 0.5) is 19.3 Å². The summed E-state index contributed by atoms with van der Waals surface area (Å²) in [6, 6.07) is 5.64. The molecule has 0 aliphatic carbocycles. The van der Waals surface area contributed by atoms with E-state index in [2.05, 4.69) is 10.1 Å². The molecule has 0 spiro atoms. The fourth-order valence-corrected chi connectivity index (χ4v) is 1.85. The molecule has 1 rings (SSSR count). The fraction of sp³-hybridized carbons (Fsp3) is 0.529. The van der Waals surface area contributed by atoms with Gasteiger partial charge in [-0.25, -0.2) is 4.79 Å². The van der Waals surface area contributed by atoms with E-state index in [1.165, 1.54) is 29.2 Å². The molecule has 0 radical (unpaired) electrons. The molecule has 0 heterocycles. The van der Waals surface area contributed by atoms with Crippen LogP contribution in [0.1, 0.15) is 33.6 Å². The molecule has 0 saturated heterocycles. The zero-order valence-corrected chi connectivity index (χ0v) is 14.8. The van der Waals surface area contributed by atoms with Gasteiger partial charge in [0, 0.05) is 25.7 Å². The molecule has 140 valence electrons. The van der Waals surface area contributed by atoms with Gasteiger partial charge in [0.25, 0.3) is 0 Å². The van der Waals surface area contributed by atoms with Crippen molar-refractivity contribution in [3.05, 3.63) is 24.3 Å². The van der Waals surface area contributed by atoms with Crippen molar-refractivity contribution in [1.82, 2.24) is 4.90 Å². The summed E-state index contributed by atoms with van der Waals surface area (Å²) in [4.78, 5) is 25.0. The number of nitrogens with zero attached hydrogens (tertiary/aromatic N) is 1. The molecule has 0 aliphatic rings.